The van der Waals surface area contributed by atoms with Gasteiger partial charge < -0.3 is 19.1 Å². The molecular formula is C56H40BN3O. The van der Waals surface area contributed by atoms with Crippen LogP contribution in [0.25, 0.3) is 33.1 Å². The molecule has 288 valence electrons. The number of fused-ring (bicyclic) bond motifs is 8. The van der Waals surface area contributed by atoms with E-state index in [-0.39, 0.29) is 6.71 Å². The zero-order valence-corrected chi connectivity index (χ0v) is 34.0. The van der Waals surface area contributed by atoms with Gasteiger partial charge in [0.15, 0.2) is 5.58 Å². The van der Waals surface area contributed by atoms with E-state index in [1.165, 1.54) is 55.7 Å². The van der Waals surface area contributed by atoms with Crippen LogP contribution in [-0.4, -0.2) is 6.71 Å². The molecule has 0 unspecified atom stereocenters. The second kappa shape index (κ2) is 13.9. The fourth-order valence-electron chi connectivity index (χ4n) is 10.1. The highest BCUT2D eigenvalue weighted by molar-refractivity contribution is 7.00. The largest absolute Gasteiger partial charge is 0.454 e. The number of nitrogens with zero attached hydrogens (tertiary/aromatic N) is 3. The first-order chi connectivity index (χ1) is 30.1. The van der Waals surface area contributed by atoms with Crippen LogP contribution in [0.5, 0.6) is 0 Å². The summed E-state index contributed by atoms with van der Waals surface area (Å²) in [5.41, 5.74) is 20.5. The van der Waals surface area contributed by atoms with E-state index in [1.807, 2.05) is 0 Å². The molecule has 0 aliphatic carbocycles. The standard InChI is InChI=1S/C56H40BN3O/c1-37-18-16-19-38(2)54(37)60-51-31-17-30-50-53(51)57(46-27-13-15-29-49(46)59(50)48-28-14-12-26-43(48)39-20-6-3-7-21-39)47-35-34-45-44-33-32-42(36-52(44)61-56(45)55(47)60)58(40-22-8-4-9-23-40)41-24-10-5-11-25-41/h3-36H,1-2H3. The van der Waals surface area contributed by atoms with Gasteiger partial charge in [0, 0.05) is 56.5 Å². The third kappa shape index (κ3) is 5.40. The maximum atomic E-state index is 7.27. The lowest BCUT2D eigenvalue weighted by atomic mass is 9.33. The fourth-order valence-corrected chi connectivity index (χ4v) is 10.1. The van der Waals surface area contributed by atoms with Crippen molar-refractivity contribution < 1.29 is 4.42 Å². The van der Waals surface area contributed by atoms with E-state index in [1.54, 1.807) is 0 Å². The normalized spacial score (nSPS) is 12.7. The Kier molecular flexibility index (Phi) is 8.04. The number of rotatable bonds is 6. The summed E-state index contributed by atoms with van der Waals surface area (Å²) < 4.78 is 7.27. The molecule has 0 amide bonds. The summed E-state index contributed by atoms with van der Waals surface area (Å²) in [5, 5.41) is 2.20. The molecule has 61 heavy (non-hydrogen) atoms. The van der Waals surface area contributed by atoms with Crippen LogP contribution in [0.3, 0.4) is 0 Å². The predicted octanol–water partition coefficient (Wildman–Crippen LogP) is 13.4. The quantitative estimate of drug-likeness (QED) is 0.157. The van der Waals surface area contributed by atoms with Gasteiger partial charge in [0.2, 0.25) is 0 Å². The summed E-state index contributed by atoms with van der Waals surface area (Å²) in [6, 6.07) is 74.5. The van der Waals surface area contributed by atoms with E-state index in [2.05, 4.69) is 235 Å². The third-order valence-electron chi connectivity index (χ3n) is 12.7. The van der Waals surface area contributed by atoms with Gasteiger partial charge in [0.25, 0.3) is 6.71 Å². The van der Waals surface area contributed by atoms with Crippen molar-refractivity contribution in [3.05, 3.63) is 217 Å². The molecule has 4 nitrogen and oxygen atoms in total. The molecule has 3 heterocycles. The minimum atomic E-state index is -0.0297. The molecule has 0 spiro atoms. The lowest BCUT2D eigenvalue weighted by Crippen LogP contribution is -2.61. The highest BCUT2D eigenvalue weighted by Gasteiger charge is 2.45. The van der Waals surface area contributed by atoms with E-state index in [0.717, 1.165) is 56.1 Å². The van der Waals surface area contributed by atoms with Crippen LogP contribution in [-0.2, 0) is 0 Å². The van der Waals surface area contributed by atoms with Crippen LogP contribution in [0.2, 0.25) is 0 Å². The highest BCUT2D eigenvalue weighted by atomic mass is 16.3. The summed E-state index contributed by atoms with van der Waals surface area (Å²) in [6.07, 6.45) is 0. The number of para-hydroxylation sites is 5. The van der Waals surface area contributed by atoms with E-state index in [0.29, 0.717) is 0 Å². The molecule has 0 saturated carbocycles. The molecule has 0 radical (unpaired) electrons. The molecule has 5 heteroatoms. The fraction of sp³-hybridized carbons (Fsp3) is 0.0357. The molecule has 0 bridgehead atoms. The maximum absolute atomic E-state index is 7.27. The van der Waals surface area contributed by atoms with Crippen molar-refractivity contribution in [2.75, 3.05) is 14.7 Å². The summed E-state index contributed by atoms with van der Waals surface area (Å²) in [5.74, 6) is 0. The Morgan fingerprint density at radius 1 is 0.426 bits per heavy atom. The van der Waals surface area contributed by atoms with Gasteiger partial charge in [-0.2, -0.15) is 0 Å². The van der Waals surface area contributed by atoms with Crippen molar-refractivity contribution in [3.8, 4) is 11.1 Å². The molecule has 10 aromatic rings. The van der Waals surface area contributed by atoms with E-state index < -0.39 is 0 Å². The molecule has 1 aromatic heterocycles. The first-order valence-electron chi connectivity index (χ1n) is 21.1. The van der Waals surface area contributed by atoms with Crippen LogP contribution in [0.4, 0.5) is 51.2 Å². The van der Waals surface area contributed by atoms with Gasteiger partial charge in [-0.1, -0.05) is 140 Å². The number of hydrogen-bond acceptors (Lipinski definition) is 4. The van der Waals surface area contributed by atoms with Gasteiger partial charge in [-0.3, -0.25) is 0 Å². The Balaban J connectivity index is 1.12. The second-order valence-corrected chi connectivity index (χ2v) is 16.2. The van der Waals surface area contributed by atoms with Crippen LogP contribution >= 0.6 is 0 Å². The number of aryl methyl sites for hydroxylation is 2. The topological polar surface area (TPSA) is 22.9 Å². The van der Waals surface area contributed by atoms with Crippen molar-refractivity contribution in [2.24, 2.45) is 0 Å². The summed E-state index contributed by atoms with van der Waals surface area (Å²) >= 11 is 0. The minimum Gasteiger partial charge on any atom is -0.454 e. The number of benzene rings is 9. The minimum absolute atomic E-state index is 0.0297. The third-order valence-corrected chi connectivity index (χ3v) is 12.7. The first kappa shape index (κ1) is 35.2. The van der Waals surface area contributed by atoms with Crippen molar-refractivity contribution in [2.45, 2.75) is 13.8 Å². The van der Waals surface area contributed by atoms with Gasteiger partial charge in [0.05, 0.1) is 17.1 Å². The monoisotopic (exact) mass is 781 g/mol. The van der Waals surface area contributed by atoms with Crippen LogP contribution in [0, 0.1) is 13.8 Å². The van der Waals surface area contributed by atoms with Crippen molar-refractivity contribution >= 4 is 96.2 Å². The Hall–Kier alpha value is -7.76. The van der Waals surface area contributed by atoms with Crippen molar-refractivity contribution in [1.82, 2.24) is 0 Å². The zero-order chi connectivity index (χ0) is 40.6. The van der Waals surface area contributed by atoms with Gasteiger partial charge >= 0.3 is 0 Å². The highest BCUT2D eigenvalue weighted by Crippen LogP contribution is 2.50. The lowest BCUT2D eigenvalue weighted by molar-refractivity contribution is 0.669. The molecule has 0 atom stereocenters. The number of anilines is 9. The Bertz CT molecular complexity index is 3250. The smallest absolute Gasteiger partial charge is 0.252 e. The summed E-state index contributed by atoms with van der Waals surface area (Å²) in [7, 11) is 0. The van der Waals surface area contributed by atoms with Gasteiger partial charge in [-0.25, -0.2) is 0 Å². The number of hydrogen-bond donors (Lipinski definition) is 0. The number of furan rings is 1. The predicted molar refractivity (Wildman–Crippen MR) is 257 cm³/mol. The van der Waals surface area contributed by atoms with Crippen molar-refractivity contribution in [3.63, 3.8) is 0 Å². The molecular weight excluding hydrogens is 741 g/mol. The zero-order valence-electron chi connectivity index (χ0n) is 34.0. The van der Waals surface area contributed by atoms with Crippen LogP contribution < -0.4 is 31.1 Å². The Morgan fingerprint density at radius 3 is 1.72 bits per heavy atom. The Morgan fingerprint density at radius 2 is 1.00 bits per heavy atom. The first-order valence-corrected chi connectivity index (χ1v) is 21.1. The Labute approximate surface area is 356 Å². The van der Waals surface area contributed by atoms with Crippen LogP contribution in [0.15, 0.2) is 211 Å². The molecule has 0 saturated heterocycles. The van der Waals surface area contributed by atoms with E-state index in [4.69, 9.17) is 4.42 Å². The average Bonchev–Trinajstić information content (AvgIpc) is 3.69. The average molecular weight is 782 g/mol. The van der Waals surface area contributed by atoms with Crippen molar-refractivity contribution in [1.29, 1.82) is 0 Å². The maximum Gasteiger partial charge on any atom is 0.252 e. The van der Waals surface area contributed by atoms with Crippen LogP contribution in [0.1, 0.15) is 11.1 Å². The molecule has 2 aliphatic rings. The summed E-state index contributed by atoms with van der Waals surface area (Å²) in [6.45, 7) is 4.43. The molecule has 0 N–H and O–H groups in total. The van der Waals surface area contributed by atoms with Gasteiger partial charge in [-0.05, 0) is 108 Å². The van der Waals surface area contributed by atoms with Gasteiger partial charge in [-0.15, -0.1) is 0 Å². The van der Waals surface area contributed by atoms with E-state index in [9.17, 15) is 0 Å². The molecule has 0 fully saturated rings. The molecule has 12 rings (SSSR count). The molecule has 9 aromatic carbocycles. The molecule has 2 aliphatic heterocycles. The van der Waals surface area contributed by atoms with E-state index >= 15 is 0 Å². The summed E-state index contributed by atoms with van der Waals surface area (Å²) in [4.78, 5) is 7.30. The SMILES string of the molecule is Cc1cccc(C)c1N1c2cccc3c2B(c2ccccc2N3c2ccccc2-c2ccccc2)c2ccc3c(oc4cc(N(c5ccccc5)c5ccccc5)ccc43)c21. The lowest BCUT2D eigenvalue weighted by Gasteiger charge is -2.44. The van der Waals surface area contributed by atoms with Gasteiger partial charge in [0.1, 0.15) is 5.58 Å². The second-order valence-electron chi connectivity index (χ2n) is 16.2.